The minimum atomic E-state index is -0.706. The van der Waals surface area contributed by atoms with E-state index in [4.69, 9.17) is 19.8 Å². The maximum Gasteiger partial charge on any atom is 0.412 e. The van der Waals surface area contributed by atoms with Crippen LogP contribution in [0.1, 0.15) is 37.5 Å². The number of carbonyl (C=O) groups is 1. The number of amides is 1. The molecule has 0 aliphatic carbocycles. The lowest BCUT2D eigenvalue weighted by Gasteiger charge is -2.34. The van der Waals surface area contributed by atoms with Gasteiger partial charge in [-0.25, -0.2) is 4.79 Å². The predicted octanol–water partition coefficient (Wildman–Crippen LogP) is 3.63. The molecule has 0 heterocycles. The Labute approximate surface area is 170 Å². The molecule has 2 aromatic rings. The number of para-hydroxylation sites is 1. The quantitative estimate of drug-likeness (QED) is 0.595. The third kappa shape index (κ3) is 6.21. The van der Waals surface area contributed by atoms with Crippen LogP contribution in [0.4, 0.5) is 10.5 Å². The molecular formula is C22H26N2O5. The Balaban J connectivity index is 2.27. The summed E-state index contributed by atoms with van der Waals surface area (Å²) < 4.78 is 11.4. The van der Waals surface area contributed by atoms with Crippen LogP contribution in [0.5, 0.6) is 5.75 Å². The van der Waals surface area contributed by atoms with Crippen molar-refractivity contribution in [3.05, 3.63) is 59.7 Å². The van der Waals surface area contributed by atoms with Crippen LogP contribution >= 0.6 is 0 Å². The number of rotatable bonds is 9. The Hall–Kier alpha value is -3.08. The van der Waals surface area contributed by atoms with Crippen LogP contribution in [-0.4, -0.2) is 36.1 Å². The predicted molar refractivity (Wildman–Crippen MR) is 109 cm³/mol. The number of carbonyl (C=O) groups excluding carboxylic acids is 1. The van der Waals surface area contributed by atoms with E-state index in [2.05, 4.69) is 5.32 Å². The molecule has 0 spiro atoms. The van der Waals surface area contributed by atoms with Crippen molar-refractivity contribution in [1.82, 2.24) is 0 Å². The molecule has 1 amide bonds. The third-order valence-corrected chi connectivity index (χ3v) is 4.50. The largest absolute Gasteiger partial charge is 0.491 e. The summed E-state index contributed by atoms with van der Waals surface area (Å²) in [5, 5.41) is 30.1. The van der Waals surface area contributed by atoms with Gasteiger partial charge in [0.25, 0.3) is 0 Å². The Morgan fingerprint density at radius 3 is 2.45 bits per heavy atom. The minimum Gasteiger partial charge on any atom is -0.491 e. The van der Waals surface area contributed by atoms with E-state index in [-0.39, 0.29) is 19.8 Å². The van der Waals surface area contributed by atoms with Crippen molar-refractivity contribution in [1.29, 1.82) is 5.26 Å². The number of hydrogen-bond acceptors (Lipinski definition) is 6. The number of nitriles is 1. The van der Waals surface area contributed by atoms with Gasteiger partial charge in [0.1, 0.15) is 18.5 Å². The van der Waals surface area contributed by atoms with Crippen molar-refractivity contribution in [2.75, 3.05) is 25.1 Å². The normalized spacial score (nSPS) is 12.0. The van der Waals surface area contributed by atoms with Gasteiger partial charge in [-0.1, -0.05) is 32.0 Å². The Morgan fingerprint density at radius 1 is 1.14 bits per heavy atom. The topological polar surface area (TPSA) is 112 Å². The van der Waals surface area contributed by atoms with E-state index in [0.29, 0.717) is 29.0 Å². The highest BCUT2D eigenvalue weighted by atomic mass is 16.6. The van der Waals surface area contributed by atoms with E-state index >= 15 is 0 Å². The summed E-state index contributed by atoms with van der Waals surface area (Å²) in [6.07, 6.45) is -0.971. The second-order valence-corrected chi connectivity index (χ2v) is 7.17. The van der Waals surface area contributed by atoms with Crippen LogP contribution in [0.15, 0.2) is 48.5 Å². The fourth-order valence-electron chi connectivity index (χ4n) is 2.93. The van der Waals surface area contributed by atoms with Crippen molar-refractivity contribution >= 4 is 11.8 Å². The zero-order chi connectivity index (χ0) is 21.3. The summed E-state index contributed by atoms with van der Waals surface area (Å²) in [6, 6.07) is 15.6. The molecule has 1 atom stereocenters. The zero-order valence-corrected chi connectivity index (χ0v) is 16.6. The number of aliphatic hydroxyl groups is 2. The van der Waals surface area contributed by atoms with Crippen molar-refractivity contribution in [3.8, 4) is 11.8 Å². The fourth-order valence-corrected chi connectivity index (χ4v) is 2.93. The number of nitrogens with zero attached hydrogens (tertiary/aromatic N) is 1. The smallest absolute Gasteiger partial charge is 0.412 e. The molecular weight excluding hydrogens is 372 g/mol. The number of benzene rings is 2. The average molecular weight is 398 g/mol. The highest BCUT2D eigenvalue weighted by molar-refractivity contribution is 5.84. The highest BCUT2D eigenvalue weighted by Crippen LogP contribution is 2.43. The summed E-state index contributed by atoms with van der Waals surface area (Å²) in [7, 11) is 0. The van der Waals surface area contributed by atoms with Crippen molar-refractivity contribution in [2.45, 2.75) is 26.4 Å². The first-order valence-electron chi connectivity index (χ1n) is 9.32. The number of anilines is 1. The number of ether oxygens (including phenoxy) is 2. The monoisotopic (exact) mass is 398 g/mol. The number of aliphatic hydroxyl groups excluding tert-OH is 2. The molecule has 0 unspecified atom stereocenters. The first-order valence-corrected chi connectivity index (χ1v) is 9.32. The van der Waals surface area contributed by atoms with E-state index in [0.717, 1.165) is 0 Å². The van der Waals surface area contributed by atoms with Gasteiger partial charge in [0.05, 0.1) is 18.2 Å². The maximum atomic E-state index is 12.6. The lowest BCUT2D eigenvalue weighted by molar-refractivity contribution is 0.0133. The Kier molecular flexibility index (Phi) is 8.01. The molecule has 0 aromatic heterocycles. The zero-order valence-electron chi connectivity index (χ0n) is 16.6. The third-order valence-electron chi connectivity index (χ3n) is 4.50. The van der Waals surface area contributed by atoms with Gasteiger partial charge in [0, 0.05) is 23.3 Å². The molecule has 0 bridgehead atoms. The maximum absolute atomic E-state index is 12.6. The van der Waals surface area contributed by atoms with Crippen molar-refractivity contribution in [3.63, 3.8) is 0 Å². The number of nitrogens with one attached hydrogen (secondary N) is 1. The lowest BCUT2D eigenvalue weighted by Crippen LogP contribution is -2.30. The van der Waals surface area contributed by atoms with Gasteiger partial charge in [0.15, 0.2) is 0 Å². The van der Waals surface area contributed by atoms with E-state index in [1.807, 2.05) is 26.0 Å². The average Bonchev–Trinajstić information content (AvgIpc) is 2.71. The van der Waals surface area contributed by atoms with E-state index in [9.17, 15) is 9.90 Å². The van der Waals surface area contributed by atoms with Crippen molar-refractivity contribution in [2.24, 2.45) is 5.41 Å². The van der Waals surface area contributed by atoms with Crippen molar-refractivity contribution < 1.29 is 24.5 Å². The first kappa shape index (κ1) is 22.2. The Bertz CT molecular complexity index is 843. The molecule has 0 radical (unpaired) electrons. The molecule has 7 heteroatoms. The standard InChI is InChI=1S/C22H26N2O5/c1-22(2,11-12-25)20(18-5-3-4-6-19(18)28-14-13-26)29-21(27)24-17-9-7-16(15-23)8-10-17/h3-10,20,25-26H,11-14H2,1-2H3,(H,24,27)/t20-/m1/s1. The van der Waals surface area contributed by atoms with Gasteiger partial charge < -0.3 is 19.7 Å². The first-order chi connectivity index (χ1) is 13.9. The summed E-state index contributed by atoms with van der Waals surface area (Å²) in [5.74, 6) is 0.503. The molecule has 154 valence electrons. The summed E-state index contributed by atoms with van der Waals surface area (Å²) in [4.78, 5) is 12.6. The lowest BCUT2D eigenvalue weighted by atomic mass is 9.79. The molecule has 3 N–H and O–H groups in total. The van der Waals surface area contributed by atoms with Gasteiger partial charge in [-0.05, 0) is 36.8 Å². The van der Waals surface area contributed by atoms with E-state index in [1.54, 1.807) is 42.5 Å². The van der Waals surface area contributed by atoms with Gasteiger partial charge in [0.2, 0.25) is 0 Å². The van der Waals surface area contributed by atoms with Crippen LogP contribution in [0.25, 0.3) is 0 Å². The number of hydrogen-bond donors (Lipinski definition) is 3. The molecule has 7 nitrogen and oxygen atoms in total. The van der Waals surface area contributed by atoms with Gasteiger partial charge in [-0.2, -0.15) is 5.26 Å². The Morgan fingerprint density at radius 2 is 1.83 bits per heavy atom. The molecule has 0 aliphatic rings. The van der Waals surface area contributed by atoms with Gasteiger partial charge >= 0.3 is 6.09 Å². The van der Waals surface area contributed by atoms with Crippen LogP contribution < -0.4 is 10.1 Å². The molecule has 29 heavy (non-hydrogen) atoms. The van der Waals surface area contributed by atoms with Gasteiger partial charge in [-0.15, -0.1) is 0 Å². The van der Waals surface area contributed by atoms with E-state index < -0.39 is 17.6 Å². The molecule has 0 fully saturated rings. The van der Waals surface area contributed by atoms with Crippen LogP contribution in [0.2, 0.25) is 0 Å². The fraction of sp³-hybridized carbons (Fsp3) is 0.364. The van der Waals surface area contributed by atoms with E-state index in [1.165, 1.54) is 0 Å². The summed E-state index contributed by atoms with van der Waals surface area (Å²) in [6.45, 7) is 3.70. The second kappa shape index (κ2) is 10.5. The van der Waals surface area contributed by atoms with Gasteiger partial charge in [-0.3, -0.25) is 5.32 Å². The summed E-state index contributed by atoms with van der Waals surface area (Å²) in [5.41, 5.74) is 1.04. The van der Waals surface area contributed by atoms with Crippen LogP contribution in [0.3, 0.4) is 0 Å². The molecule has 0 aliphatic heterocycles. The summed E-state index contributed by atoms with van der Waals surface area (Å²) >= 11 is 0. The minimum absolute atomic E-state index is 0.0657. The molecule has 0 saturated carbocycles. The molecule has 2 rings (SSSR count). The SMILES string of the molecule is CC(C)(CCO)[C@H](OC(=O)Nc1ccc(C#N)cc1)c1ccccc1OCCO. The molecule has 0 saturated heterocycles. The van der Waals surface area contributed by atoms with Crippen LogP contribution in [0, 0.1) is 16.7 Å². The second-order valence-electron chi connectivity index (χ2n) is 7.17. The molecule has 2 aromatic carbocycles. The van der Waals surface area contributed by atoms with Crippen LogP contribution in [-0.2, 0) is 4.74 Å². The highest BCUT2D eigenvalue weighted by Gasteiger charge is 2.35.